The number of carbonyl (C=O) groups excluding carboxylic acids is 2. The van der Waals surface area contributed by atoms with E-state index in [-0.39, 0.29) is 5.91 Å². The summed E-state index contributed by atoms with van der Waals surface area (Å²) in [4.78, 5) is 30.2. The third-order valence-electron chi connectivity index (χ3n) is 5.19. The molecule has 0 bridgehead atoms. The van der Waals surface area contributed by atoms with Crippen LogP contribution < -0.4 is 5.32 Å². The van der Waals surface area contributed by atoms with Gasteiger partial charge >= 0.3 is 6.09 Å². The number of rotatable bonds is 3. The van der Waals surface area contributed by atoms with Crippen LogP contribution in [0.5, 0.6) is 0 Å². The number of aromatic nitrogens is 1. The van der Waals surface area contributed by atoms with Gasteiger partial charge in [0.15, 0.2) is 0 Å². The fraction of sp³-hybridized carbons (Fsp3) is 0.280. The van der Waals surface area contributed by atoms with Crippen molar-refractivity contribution in [3.8, 4) is 0 Å². The first-order valence-corrected chi connectivity index (χ1v) is 10.4. The summed E-state index contributed by atoms with van der Waals surface area (Å²) in [6, 6.07) is 15.2. The molecule has 0 aliphatic carbocycles. The Bertz CT molecular complexity index is 1150. The van der Waals surface area contributed by atoms with E-state index in [0.717, 1.165) is 11.9 Å². The summed E-state index contributed by atoms with van der Waals surface area (Å²) in [5.41, 5.74) is 4.06. The minimum absolute atomic E-state index is 0.0536. The molecule has 1 aliphatic rings. The molecular formula is C25H27N3O3. The first kappa shape index (κ1) is 20.7. The van der Waals surface area contributed by atoms with Crippen LogP contribution in [0.4, 0.5) is 10.5 Å². The van der Waals surface area contributed by atoms with Crippen molar-refractivity contribution >= 4 is 34.2 Å². The summed E-state index contributed by atoms with van der Waals surface area (Å²) >= 11 is 0. The number of benzene rings is 2. The Morgan fingerprint density at radius 2 is 1.90 bits per heavy atom. The highest BCUT2D eigenvalue weighted by Crippen LogP contribution is 2.29. The predicted octanol–water partition coefficient (Wildman–Crippen LogP) is 5.44. The third kappa shape index (κ3) is 4.79. The largest absolute Gasteiger partial charge is 0.444 e. The number of carbonyl (C=O) groups is 2. The van der Waals surface area contributed by atoms with E-state index in [0.29, 0.717) is 24.3 Å². The van der Waals surface area contributed by atoms with Crippen molar-refractivity contribution in [1.82, 2.24) is 9.88 Å². The summed E-state index contributed by atoms with van der Waals surface area (Å²) in [6.45, 7) is 6.62. The van der Waals surface area contributed by atoms with Gasteiger partial charge in [-0.3, -0.25) is 10.1 Å². The maximum atomic E-state index is 13.0. The van der Waals surface area contributed by atoms with E-state index in [2.05, 4.69) is 28.5 Å². The number of amides is 2. The molecule has 0 unspecified atom stereocenters. The molecule has 2 aromatic carbocycles. The molecule has 6 nitrogen and oxygen atoms in total. The van der Waals surface area contributed by atoms with E-state index in [1.54, 1.807) is 45.0 Å². The van der Waals surface area contributed by atoms with Gasteiger partial charge in [0, 0.05) is 47.0 Å². The Balaban J connectivity index is 1.44. The molecule has 0 radical (unpaired) electrons. The minimum Gasteiger partial charge on any atom is -0.444 e. The van der Waals surface area contributed by atoms with Crippen LogP contribution in [0.1, 0.15) is 43.1 Å². The SMILES string of the molecule is CC(C)(C)OC(=O)Nc1cccc(C(=O)N2CC=C(c3c[nH]c4ccccc34)CC2)c1. The van der Waals surface area contributed by atoms with Gasteiger partial charge in [-0.2, -0.15) is 0 Å². The molecule has 6 heteroatoms. The van der Waals surface area contributed by atoms with Crippen LogP contribution in [0.25, 0.3) is 16.5 Å². The fourth-order valence-electron chi connectivity index (χ4n) is 3.77. The van der Waals surface area contributed by atoms with Gasteiger partial charge in [0.2, 0.25) is 0 Å². The molecule has 0 fully saturated rings. The fourth-order valence-corrected chi connectivity index (χ4v) is 3.77. The minimum atomic E-state index is -0.583. The first-order valence-electron chi connectivity index (χ1n) is 10.4. The number of ether oxygens (including phenoxy) is 1. The Kier molecular flexibility index (Phi) is 5.55. The Hall–Kier alpha value is -3.54. The molecule has 2 heterocycles. The van der Waals surface area contributed by atoms with Crippen LogP contribution in [0.3, 0.4) is 0 Å². The smallest absolute Gasteiger partial charge is 0.412 e. The molecule has 2 N–H and O–H groups in total. The van der Waals surface area contributed by atoms with Crippen molar-refractivity contribution < 1.29 is 14.3 Å². The summed E-state index contributed by atoms with van der Waals surface area (Å²) in [7, 11) is 0. The molecule has 31 heavy (non-hydrogen) atoms. The van der Waals surface area contributed by atoms with E-state index >= 15 is 0 Å². The van der Waals surface area contributed by atoms with Crippen molar-refractivity contribution in [3.05, 3.63) is 71.9 Å². The molecule has 0 saturated carbocycles. The molecular weight excluding hydrogens is 390 g/mol. The second-order valence-electron chi connectivity index (χ2n) is 8.69. The highest BCUT2D eigenvalue weighted by atomic mass is 16.6. The van der Waals surface area contributed by atoms with E-state index in [1.807, 2.05) is 23.2 Å². The molecule has 3 aromatic rings. The molecule has 4 rings (SSSR count). The maximum absolute atomic E-state index is 13.0. The number of H-pyrrole nitrogens is 1. The lowest BCUT2D eigenvalue weighted by Gasteiger charge is -2.27. The van der Waals surface area contributed by atoms with Crippen LogP contribution in [-0.2, 0) is 4.74 Å². The zero-order chi connectivity index (χ0) is 22.0. The van der Waals surface area contributed by atoms with Gasteiger partial charge in [0.1, 0.15) is 5.60 Å². The lowest BCUT2D eigenvalue weighted by molar-refractivity contribution is 0.0635. The molecule has 1 aromatic heterocycles. The summed E-state index contributed by atoms with van der Waals surface area (Å²) < 4.78 is 5.28. The zero-order valence-electron chi connectivity index (χ0n) is 18.1. The number of fused-ring (bicyclic) bond motifs is 1. The van der Waals surface area contributed by atoms with Crippen molar-refractivity contribution in [2.24, 2.45) is 0 Å². The molecule has 160 valence electrons. The van der Waals surface area contributed by atoms with Crippen molar-refractivity contribution in [3.63, 3.8) is 0 Å². The van der Waals surface area contributed by atoms with Crippen LogP contribution in [0.2, 0.25) is 0 Å². The summed E-state index contributed by atoms with van der Waals surface area (Å²) in [5.74, 6) is -0.0536. The molecule has 0 atom stereocenters. The van der Waals surface area contributed by atoms with Gasteiger partial charge in [0.25, 0.3) is 5.91 Å². The quantitative estimate of drug-likeness (QED) is 0.595. The maximum Gasteiger partial charge on any atom is 0.412 e. The second-order valence-corrected chi connectivity index (χ2v) is 8.69. The van der Waals surface area contributed by atoms with Crippen molar-refractivity contribution in [2.45, 2.75) is 32.8 Å². The normalized spacial score (nSPS) is 14.3. The predicted molar refractivity (Wildman–Crippen MR) is 123 cm³/mol. The number of para-hydroxylation sites is 1. The topological polar surface area (TPSA) is 74.4 Å². The monoisotopic (exact) mass is 417 g/mol. The van der Waals surface area contributed by atoms with Gasteiger partial charge in [-0.05, 0) is 57.0 Å². The van der Waals surface area contributed by atoms with Gasteiger partial charge in [0.05, 0.1) is 0 Å². The first-order chi connectivity index (χ1) is 14.8. The number of hydrogen-bond donors (Lipinski definition) is 2. The second kappa shape index (κ2) is 8.30. The Morgan fingerprint density at radius 1 is 1.10 bits per heavy atom. The molecule has 2 amide bonds. The van der Waals surface area contributed by atoms with Crippen molar-refractivity contribution in [1.29, 1.82) is 0 Å². The van der Waals surface area contributed by atoms with Gasteiger partial charge in [-0.1, -0.05) is 30.3 Å². The van der Waals surface area contributed by atoms with E-state index in [1.165, 1.54) is 16.5 Å². The zero-order valence-corrected chi connectivity index (χ0v) is 18.1. The molecule has 1 aliphatic heterocycles. The van der Waals surface area contributed by atoms with Gasteiger partial charge in [-0.25, -0.2) is 4.79 Å². The Labute approximate surface area is 181 Å². The average Bonchev–Trinajstić information content (AvgIpc) is 3.16. The number of nitrogens with zero attached hydrogens (tertiary/aromatic N) is 1. The van der Waals surface area contributed by atoms with E-state index in [9.17, 15) is 9.59 Å². The lowest BCUT2D eigenvalue weighted by Crippen LogP contribution is -2.34. The summed E-state index contributed by atoms with van der Waals surface area (Å²) in [5, 5.41) is 3.90. The van der Waals surface area contributed by atoms with Crippen LogP contribution >= 0.6 is 0 Å². The highest BCUT2D eigenvalue weighted by molar-refractivity contribution is 5.97. The molecule has 0 saturated heterocycles. The average molecular weight is 418 g/mol. The molecule has 0 spiro atoms. The third-order valence-corrected chi connectivity index (χ3v) is 5.19. The van der Waals surface area contributed by atoms with Crippen LogP contribution in [0, 0.1) is 0 Å². The standard InChI is InChI=1S/C25H27N3O3/c1-25(2,3)31-24(30)27-19-8-6-7-18(15-19)23(29)28-13-11-17(12-14-28)21-16-26-22-10-5-4-9-20(21)22/h4-11,15-16,26H,12-14H2,1-3H3,(H,27,30). The van der Waals surface area contributed by atoms with Gasteiger partial charge in [-0.15, -0.1) is 0 Å². The number of anilines is 1. The lowest BCUT2D eigenvalue weighted by atomic mass is 9.98. The van der Waals surface area contributed by atoms with E-state index < -0.39 is 11.7 Å². The summed E-state index contributed by atoms with van der Waals surface area (Å²) in [6.07, 6.45) is 4.42. The Morgan fingerprint density at radius 3 is 2.65 bits per heavy atom. The van der Waals surface area contributed by atoms with Crippen LogP contribution in [-0.4, -0.2) is 40.6 Å². The number of aromatic amines is 1. The van der Waals surface area contributed by atoms with Gasteiger partial charge < -0.3 is 14.6 Å². The number of hydrogen-bond acceptors (Lipinski definition) is 3. The van der Waals surface area contributed by atoms with Crippen LogP contribution in [0.15, 0.2) is 60.8 Å². The van der Waals surface area contributed by atoms with Crippen molar-refractivity contribution in [2.75, 3.05) is 18.4 Å². The number of nitrogens with one attached hydrogen (secondary N) is 2. The highest BCUT2D eigenvalue weighted by Gasteiger charge is 2.21. The van der Waals surface area contributed by atoms with E-state index in [4.69, 9.17) is 4.74 Å².